The fourth-order valence-electron chi connectivity index (χ4n) is 0.884. The van der Waals surface area contributed by atoms with Gasteiger partial charge in [-0.05, 0) is 0 Å². The number of rotatable bonds is 0. The van der Waals surface area contributed by atoms with Crippen LogP contribution >= 0.6 is 0 Å². The van der Waals surface area contributed by atoms with E-state index < -0.39 is 0 Å². The van der Waals surface area contributed by atoms with Gasteiger partial charge in [-0.2, -0.15) is 0 Å². The van der Waals surface area contributed by atoms with Crippen LogP contribution in [0.2, 0.25) is 0 Å². The van der Waals surface area contributed by atoms with Gasteiger partial charge in [-0.25, -0.2) is 0 Å². The summed E-state index contributed by atoms with van der Waals surface area (Å²) in [6.07, 6.45) is 7.50. The van der Waals surface area contributed by atoms with E-state index in [1.54, 1.807) is 0 Å². The van der Waals surface area contributed by atoms with E-state index >= 15 is 0 Å². The van der Waals surface area contributed by atoms with Crippen molar-refractivity contribution in [1.29, 1.82) is 0 Å². The van der Waals surface area contributed by atoms with Crippen molar-refractivity contribution >= 4 is 0 Å². The summed E-state index contributed by atoms with van der Waals surface area (Å²) in [5.74, 6) is 0. The van der Waals surface area contributed by atoms with Gasteiger partial charge >= 0.3 is 0 Å². The van der Waals surface area contributed by atoms with Crippen molar-refractivity contribution in [2.75, 3.05) is 0 Å². The summed E-state index contributed by atoms with van der Waals surface area (Å²) in [6.45, 7) is 8.00. The molecule has 4 heteroatoms. The van der Waals surface area contributed by atoms with Crippen molar-refractivity contribution in [3.63, 3.8) is 0 Å². The van der Waals surface area contributed by atoms with Crippen molar-refractivity contribution in [3.8, 4) is 0 Å². The Morgan fingerprint density at radius 1 is 0.429 bits per heavy atom. The van der Waals surface area contributed by atoms with Crippen LogP contribution in [0.1, 0.15) is 59.8 Å². The first-order chi connectivity index (χ1) is 4.50. The smallest absolute Gasteiger partial charge is 0 e. The molecule has 0 heterocycles. The second-order valence-electron chi connectivity index (χ2n) is 1.77. The predicted molar refractivity (Wildman–Crippen MR) is 52.2 cm³/mol. The Bertz CT molecular complexity index is 23.7. The molecule has 0 N–H and O–H groups in total. The first kappa shape index (κ1) is 42.9. The molecule has 0 bridgehead atoms. The molecule has 0 aromatic carbocycles. The van der Waals surface area contributed by atoms with E-state index in [1.165, 1.54) is 32.1 Å². The van der Waals surface area contributed by atoms with Crippen LogP contribution in [-0.2, 0) is 131 Å². The molecule has 0 amide bonds. The topological polar surface area (TPSA) is 0 Å². The van der Waals surface area contributed by atoms with Crippen LogP contribution in [0.5, 0.6) is 0 Å². The van der Waals surface area contributed by atoms with Gasteiger partial charge in [-0.15, -0.1) is 0 Å². The molecule has 0 atom stereocenters. The van der Waals surface area contributed by atoms with Gasteiger partial charge in [0.25, 0.3) is 0 Å². The van der Waals surface area contributed by atoms with E-state index in [2.05, 4.69) is 0 Å². The fourth-order valence-corrected chi connectivity index (χ4v) is 0.884. The third-order valence-electron chi connectivity index (χ3n) is 1.25. The van der Waals surface area contributed by atoms with Crippen molar-refractivity contribution in [1.82, 2.24) is 0 Å². The van der Waals surface area contributed by atoms with E-state index in [1.807, 2.05) is 27.7 Å². The molecule has 0 aromatic heterocycles. The number of hydrogen-bond donors (Lipinski definition) is 0. The molecule has 1 saturated carbocycles. The van der Waals surface area contributed by atoms with Gasteiger partial charge in [0.2, 0.25) is 0 Å². The van der Waals surface area contributed by atoms with Crippen LogP contribution in [-0.4, -0.2) is 0 Å². The summed E-state index contributed by atoms with van der Waals surface area (Å²) < 4.78 is 0. The zero-order chi connectivity index (χ0) is 7.54. The monoisotopic (exact) mass is 501 g/mol. The minimum absolute atomic E-state index is 0. The van der Waals surface area contributed by atoms with Gasteiger partial charge < -0.3 is 7.43 Å². The summed E-state index contributed by atoms with van der Waals surface area (Å²) in [5, 5.41) is 0. The van der Waals surface area contributed by atoms with Gasteiger partial charge in [0.05, 0.1) is 0 Å². The maximum atomic E-state index is 2.00. The maximum absolute atomic E-state index is 2.00. The van der Waals surface area contributed by atoms with Crippen molar-refractivity contribution < 1.29 is 131 Å². The van der Waals surface area contributed by atoms with Crippen LogP contribution < -0.4 is 0 Å². The second kappa shape index (κ2) is 52.9. The SMILES string of the molecule is C1CCCC1.CC.CC.[CH3-].[Y].[Y].[Y].[Y]. The summed E-state index contributed by atoms with van der Waals surface area (Å²) >= 11 is 0. The Kier molecular flexibility index (Phi) is 162. The molecule has 1 rings (SSSR count). The minimum atomic E-state index is 0. The van der Waals surface area contributed by atoms with Crippen LogP contribution in [0, 0.1) is 7.43 Å². The average Bonchev–Trinajstić information content (AvgIpc) is 2.51. The third-order valence-corrected chi connectivity index (χ3v) is 1.25. The van der Waals surface area contributed by atoms with Crippen LogP contribution in [0.4, 0.5) is 0 Å². The van der Waals surface area contributed by atoms with Gasteiger partial charge in [0.15, 0.2) is 0 Å². The van der Waals surface area contributed by atoms with E-state index in [0.29, 0.717) is 0 Å². The Morgan fingerprint density at radius 2 is 0.500 bits per heavy atom. The zero-order valence-electron chi connectivity index (χ0n) is 10.8. The Morgan fingerprint density at radius 3 is 0.571 bits per heavy atom. The molecular formula is C10H25Y4-. The summed E-state index contributed by atoms with van der Waals surface area (Å²) in [6, 6.07) is 0. The van der Waals surface area contributed by atoms with Crippen molar-refractivity contribution in [3.05, 3.63) is 7.43 Å². The van der Waals surface area contributed by atoms with Crippen LogP contribution in [0.3, 0.4) is 0 Å². The van der Waals surface area contributed by atoms with Gasteiger partial charge in [-0.3, -0.25) is 0 Å². The molecule has 0 unspecified atom stereocenters. The minimum Gasteiger partial charge on any atom is -0.358 e. The molecule has 0 spiro atoms. The predicted octanol–water partition coefficient (Wildman–Crippen LogP) is 4.44. The van der Waals surface area contributed by atoms with E-state index in [-0.39, 0.29) is 138 Å². The average molecular weight is 501 g/mol. The fraction of sp³-hybridized carbons (Fsp3) is 0.900. The molecule has 78 valence electrons. The number of hydrogen-bond acceptors (Lipinski definition) is 0. The second-order valence-corrected chi connectivity index (χ2v) is 1.77. The maximum Gasteiger partial charge on any atom is 0 e. The molecule has 0 nitrogen and oxygen atoms in total. The summed E-state index contributed by atoms with van der Waals surface area (Å²) in [4.78, 5) is 0. The molecule has 0 aliphatic heterocycles. The molecular weight excluding hydrogens is 476 g/mol. The standard InChI is InChI=1S/C5H10.2C2H6.CH3.4Y/c1-2-4-5-3-1;2*1-2;;;;;/h1-5H2;2*1-2H3;1H3;;;;/q;;;-1;;;;. The molecule has 14 heavy (non-hydrogen) atoms. The normalized spacial score (nSPS) is 9.43. The molecule has 1 fully saturated rings. The van der Waals surface area contributed by atoms with Crippen molar-refractivity contribution in [2.45, 2.75) is 59.8 Å². The van der Waals surface area contributed by atoms with E-state index in [9.17, 15) is 0 Å². The van der Waals surface area contributed by atoms with Crippen molar-refractivity contribution in [2.24, 2.45) is 0 Å². The summed E-state index contributed by atoms with van der Waals surface area (Å²) in [5.41, 5.74) is 0. The van der Waals surface area contributed by atoms with Gasteiger partial charge in [-0.1, -0.05) is 59.8 Å². The Labute approximate surface area is 194 Å². The molecule has 1 aliphatic rings. The quantitative estimate of drug-likeness (QED) is 0.431. The Balaban J connectivity index is -0.0000000101. The van der Waals surface area contributed by atoms with Crippen LogP contribution in [0.15, 0.2) is 0 Å². The first-order valence-electron chi connectivity index (χ1n) is 4.50. The van der Waals surface area contributed by atoms with Gasteiger partial charge in [0, 0.05) is 131 Å². The van der Waals surface area contributed by atoms with Gasteiger partial charge in [0.1, 0.15) is 0 Å². The van der Waals surface area contributed by atoms with E-state index in [4.69, 9.17) is 0 Å². The molecule has 4 radical (unpaired) electrons. The molecule has 0 aromatic rings. The zero-order valence-corrected chi connectivity index (χ0v) is 22.2. The molecule has 0 saturated heterocycles. The molecule has 1 aliphatic carbocycles. The largest absolute Gasteiger partial charge is 0.358 e. The summed E-state index contributed by atoms with van der Waals surface area (Å²) in [7, 11) is 0. The van der Waals surface area contributed by atoms with Crippen LogP contribution in [0.25, 0.3) is 0 Å². The third kappa shape index (κ3) is 44.0. The Hall–Kier alpha value is 4.42. The first-order valence-corrected chi connectivity index (χ1v) is 4.50. The van der Waals surface area contributed by atoms with E-state index in [0.717, 1.165) is 0 Å².